The largest absolute Gasteiger partial charge is 0.399 e. The third-order valence-corrected chi connectivity index (χ3v) is 3.75. The van der Waals surface area contributed by atoms with E-state index in [1.807, 2.05) is 20.8 Å². The summed E-state index contributed by atoms with van der Waals surface area (Å²) in [7, 11) is -3.25. The number of anilines is 2. The number of hydrogen-bond donors (Lipinski definition) is 2. The number of hydrogen-bond acceptors (Lipinski definition) is 3. The summed E-state index contributed by atoms with van der Waals surface area (Å²) in [6, 6.07) is 5.09. The van der Waals surface area contributed by atoms with Gasteiger partial charge in [-0.1, -0.05) is 13.8 Å². The molecule has 5 heteroatoms. The van der Waals surface area contributed by atoms with E-state index >= 15 is 0 Å². The topological polar surface area (TPSA) is 72.2 Å². The van der Waals surface area contributed by atoms with Crippen LogP contribution >= 0.6 is 0 Å². The predicted octanol–water partition coefficient (Wildman–Crippen LogP) is 1.97. The molecule has 0 aliphatic carbocycles. The van der Waals surface area contributed by atoms with Crippen LogP contribution in [-0.4, -0.2) is 14.2 Å². The third-order valence-electron chi connectivity index (χ3n) is 2.10. The molecular weight excluding hydrogens is 224 g/mol. The van der Waals surface area contributed by atoms with Gasteiger partial charge in [-0.2, -0.15) is 0 Å². The van der Waals surface area contributed by atoms with E-state index in [1.165, 1.54) is 0 Å². The summed E-state index contributed by atoms with van der Waals surface area (Å²) in [6.07, 6.45) is 0. The Hall–Kier alpha value is -1.23. The Kier molecular flexibility index (Phi) is 3.80. The molecule has 16 heavy (non-hydrogen) atoms. The van der Waals surface area contributed by atoms with E-state index in [2.05, 4.69) is 4.72 Å². The summed E-state index contributed by atoms with van der Waals surface area (Å²) in [4.78, 5) is 0. The van der Waals surface area contributed by atoms with E-state index in [0.29, 0.717) is 11.4 Å². The van der Waals surface area contributed by atoms with Gasteiger partial charge >= 0.3 is 0 Å². The maximum atomic E-state index is 11.7. The van der Waals surface area contributed by atoms with Crippen molar-refractivity contribution in [2.75, 3.05) is 16.2 Å². The number of sulfonamides is 1. The number of nitrogens with two attached hydrogens (primary N) is 1. The fourth-order valence-corrected chi connectivity index (χ4v) is 2.85. The second kappa shape index (κ2) is 4.74. The highest BCUT2D eigenvalue weighted by Crippen LogP contribution is 2.18. The number of benzene rings is 1. The van der Waals surface area contributed by atoms with Crippen molar-refractivity contribution in [1.29, 1.82) is 0 Å². The lowest BCUT2D eigenvalue weighted by Crippen LogP contribution is -2.20. The first-order valence-corrected chi connectivity index (χ1v) is 6.82. The molecule has 0 aliphatic heterocycles. The summed E-state index contributed by atoms with van der Waals surface area (Å²) in [5, 5.41) is 0. The fraction of sp³-hybridized carbons (Fsp3) is 0.455. The molecule has 1 aromatic rings. The van der Waals surface area contributed by atoms with Gasteiger partial charge in [0.15, 0.2) is 0 Å². The Morgan fingerprint density at radius 2 is 2.00 bits per heavy atom. The lowest BCUT2D eigenvalue weighted by Gasteiger charge is -2.11. The van der Waals surface area contributed by atoms with Crippen LogP contribution in [0.2, 0.25) is 0 Å². The van der Waals surface area contributed by atoms with Crippen LogP contribution in [-0.2, 0) is 10.0 Å². The van der Waals surface area contributed by atoms with Crippen LogP contribution in [0.25, 0.3) is 0 Å². The monoisotopic (exact) mass is 242 g/mol. The Morgan fingerprint density at radius 1 is 1.38 bits per heavy atom. The van der Waals surface area contributed by atoms with Crippen molar-refractivity contribution in [2.45, 2.75) is 20.8 Å². The third kappa shape index (κ3) is 3.73. The maximum absolute atomic E-state index is 11.7. The normalized spacial score (nSPS) is 11.8. The molecule has 0 atom stereocenters. The summed E-state index contributed by atoms with van der Waals surface area (Å²) in [5.74, 6) is 0.226. The van der Waals surface area contributed by atoms with Gasteiger partial charge in [-0.15, -0.1) is 0 Å². The molecule has 0 aliphatic rings. The van der Waals surface area contributed by atoms with Gasteiger partial charge in [0.25, 0.3) is 0 Å². The zero-order chi connectivity index (χ0) is 12.3. The van der Waals surface area contributed by atoms with Crippen molar-refractivity contribution < 1.29 is 8.42 Å². The van der Waals surface area contributed by atoms with Gasteiger partial charge in [-0.25, -0.2) is 8.42 Å². The van der Waals surface area contributed by atoms with E-state index < -0.39 is 10.0 Å². The van der Waals surface area contributed by atoms with Gasteiger partial charge in [-0.3, -0.25) is 4.72 Å². The molecule has 0 unspecified atom stereocenters. The van der Waals surface area contributed by atoms with Gasteiger partial charge in [0, 0.05) is 11.4 Å². The van der Waals surface area contributed by atoms with Crippen LogP contribution in [0.15, 0.2) is 18.2 Å². The highest BCUT2D eigenvalue weighted by Gasteiger charge is 2.12. The number of nitrogen functional groups attached to an aromatic ring is 1. The van der Waals surface area contributed by atoms with E-state index in [0.717, 1.165) is 5.56 Å². The molecule has 0 amide bonds. The molecule has 3 N–H and O–H groups in total. The predicted molar refractivity (Wildman–Crippen MR) is 67.8 cm³/mol. The average Bonchev–Trinajstić information content (AvgIpc) is 2.08. The molecule has 0 bridgehead atoms. The number of aryl methyl sites for hydroxylation is 1. The van der Waals surface area contributed by atoms with Gasteiger partial charge < -0.3 is 5.73 Å². The van der Waals surface area contributed by atoms with Crippen LogP contribution in [0.5, 0.6) is 0 Å². The minimum Gasteiger partial charge on any atom is -0.399 e. The molecule has 0 radical (unpaired) electrons. The molecule has 4 nitrogen and oxygen atoms in total. The van der Waals surface area contributed by atoms with Crippen molar-refractivity contribution in [3.63, 3.8) is 0 Å². The van der Waals surface area contributed by atoms with Gasteiger partial charge in [0.2, 0.25) is 10.0 Å². The molecule has 0 saturated carbocycles. The summed E-state index contributed by atoms with van der Waals surface area (Å²) >= 11 is 0. The molecule has 1 aromatic carbocycles. The molecule has 0 heterocycles. The van der Waals surface area contributed by atoms with Crippen molar-refractivity contribution in [3.8, 4) is 0 Å². The fourth-order valence-electron chi connectivity index (χ4n) is 1.40. The standard InChI is InChI=1S/C11H18N2O2S/c1-8(2)7-16(14,15)13-10-4-5-11(12)9(3)6-10/h4-6,8,13H,7,12H2,1-3H3. The van der Waals surface area contributed by atoms with Crippen LogP contribution in [0.4, 0.5) is 11.4 Å². The zero-order valence-corrected chi connectivity index (χ0v) is 10.6. The van der Waals surface area contributed by atoms with Crippen LogP contribution in [0, 0.1) is 12.8 Å². The van der Waals surface area contributed by atoms with E-state index in [1.54, 1.807) is 18.2 Å². The molecular formula is C11H18N2O2S. The average molecular weight is 242 g/mol. The Bertz CT molecular complexity index is 467. The maximum Gasteiger partial charge on any atom is 0.232 e. The minimum atomic E-state index is -3.25. The molecule has 90 valence electrons. The van der Waals surface area contributed by atoms with Crippen LogP contribution < -0.4 is 10.5 Å². The number of rotatable bonds is 4. The van der Waals surface area contributed by atoms with E-state index in [4.69, 9.17) is 5.73 Å². The SMILES string of the molecule is Cc1cc(NS(=O)(=O)CC(C)C)ccc1N. The highest BCUT2D eigenvalue weighted by atomic mass is 32.2. The second-order valence-electron chi connectivity index (χ2n) is 4.35. The Balaban J connectivity index is 2.84. The van der Waals surface area contributed by atoms with Gasteiger partial charge in [-0.05, 0) is 36.6 Å². The first-order valence-electron chi connectivity index (χ1n) is 5.17. The molecule has 0 spiro atoms. The van der Waals surface area contributed by atoms with Crippen molar-refractivity contribution >= 4 is 21.4 Å². The summed E-state index contributed by atoms with van der Waals surface area (Å²) in [6.45, 7) is 5.58. The first kappa shape index (κ1) is 12.8. The molecule has 1 rings (SSSR count). The highest BCUT2D eigenvalue weighted by molar-refractivity contribution is 7.92. The minimum absolute atomic E-state index is 0.104. The molecule has 0 aromatic heterocycles. The summed E-state index contributed by atoms with van der Waals surface area (Å²) < 4.78 is 25.9. The van der Waals surface area contributed by atoms with Crippen LogP contribution in [0.1, 0.15) is 19.4 Å². The van der Waals surface area contributed by atoms with Crippen LogP contribution in [0.3, 0.4) is 0 Å². The summed E-state index contributed by atoms with van der Waals surface area (Å²) in [5.41, 5.74) is 7.74. The Labute approximate surface area is 96.9 Å². The van der Waals surface area contributed by atoms with Crippen molar-refractivity contribution in [1.82, 2.24) is 0 Å². The quantitative estimate of drug-likeness (QED) is 0.793. The lowest BCUT2D eigenvalue weighted by atomic mass is 10.2. The zero-order valence-electron chi connectivity index (χ0n) is 9.82. The van der Waals surface area contributed by atoms with Crippen molar-refractivity contribution in [2.24, 2.45) is 5.92 Å². The van der Waals surface area contributed by atoms with E-state index in [-0.39, 0.29) is 11.7 Å². The van der Waals surface area contributed by atoms with Gasteiger partial charge in [0.05, 0.1) is 5.75 Å². The lowest BCUT2D eigenvalue weighted by molar-refractivity contribution is 0.587. The number of nitrogens with one attached hydrogen (secondary N) is 1. The van der Waals surface area contributed by atoms with Gasteiger partial charge in [0.1, 0.15) is 0 Å². The first-order chi connectivity index (χ1) is 7.30. The van der Waals surface area contributed by atoms with E-state index in [9.17, 15) is 8.42 Å². The molecule has 0 fully saturated rings. The Morgan fingerprint density at radius 3 is 2.50 bits per heavy atom. The smallest absolute Gasteiger partial charge is 0.232 e. The van der Waals surface area contributed by atoms with Crippen molar-refractivity contribution in [3.05, 3.63) is 23.8 Å². The molecule has 0 saturated heterocycles. The second-order valence-corrected chi connectivity index (χ2v) is 6.12.